The van der Waals surface area contributed by atoms with Gasteiger partial charge in [-0.3, -0.25) is 9.36 Å². The molecule has 0 saturated heterocycles. The largest absolute Gasteiger partial charge is 0.340 e. The predicted molar refractivity (Wildman–Crippen MR) is 108 cm³/mol. The summed E-state index contributed by atoms with van der Waals surface area (Å²) in [4.78, 5) is 31.8. The molecule has 146 valence electrons. The second kappa shape index (κ2) is 7.71. The van der Waals surface area contributed by atoms with E-state index < -0.39 is 11.5 Å². The summed E-state index contributed by atoms with van der Waals surface area (Å²) in [5.41, 5.74) is 2.06. The normalized spacial score (nSPS) is 11.0. The van der Waals surface area contributed by atoms with Gasteiger partial charge in [-0.05, 0) is 42.0 Å². The molecule has 0 aliphatic rings. The highest BCUT2D eigenvalue weighted by Gasteiger charge is 2.19. The van der Waals surface area contributed by atoms with Gasteiger partial charge < -0.3 is 4.90 Å². The minimum Gasteiger partial charge on any atom is -0.340 e. The number of fused-ring (bicyclic) bond motifs is 1. The number of amides is 1. The van der Waals surface area contributed by atoms with Crippen LogP contribution in [0.2, 0.25) is 0 Å². The standard InChI is InChI=1S/C22H19FN4O2/c1-25(14-16-6-3-2-4-7-16)20(28)15-26-19-8-5-13-24-21(19)27(22(26)29)18-11-9-17(23)10-12-18/h2-13H,14-15H2,1H3. The second-order valence-corrected chi connectivity index (χ2v) is 6.76. The first-order chi connectivity index (χ1) is 14.0. The van der Waals surface area contributed by atoms with Gasteiger partial charge in [0.25, 0.3) is 0 Å². The van der Waals surface area contributed by atoms with E-state index in [-0.39, 0.29) is 12.5 Å². The van der Waals surface area contributed by atoms with Crippen LogP contribution in [-0.2, 0) is 17.9 Å². The first-order valence-electron chi connectivity index (χ1n) is 9.14. The number of imidazole rings is 1. The molecule has 4 rings (SSSR count). The molecule has 0 saturated carbocycles. The minimum absolute atomic E-state index is 0.113. The molecule has 0 fully saturated rings. The molecular weight excluding hydrogens is 371 g/mol. The third kappa shape index (κ3) is 3.67. The summed E-state index contributed by atoms with van der Waals surface area (Å²) in [6, 6.07) is 18.7. The highest BCUT2D eigenvalue weighted by Crippen LogP contribution is 2.16. The average Bonchev–Trinajstić information content (AvgIpc) is 3.01. The molecule has 29 heavy (non-hydrogen) atoms. The van der Waals surface area contributed by atoms with E-state index in [0.717, 1.165) is 5.56 Å². The van der Waals surface area contributed by atoms with Gasteiger partial charge in [-0.2, -0.15) is 0 Å². The van der Waals surface area contributed by atoms with Gasteiger partial charge in [-0.15, -0.1) is 0 Å². The third-order valence-electron chi connectivity index (χ3n) is 4.76. The lowest BCUT2D eigenvalue weighted by atomic mass is 10.2. The van der Waals surface area contributed by atoms with Gasteiger partial charge in [0.1, 0.15) is 12.4 Å². The lowest BCUT2D eigenvalue weighted by Crippen LogP contribution is -2.34. The smallest absolute Gasteiger partial charge is 0.335 e. The van der Waals surface area contributed by atoms with Crippen molar-refractivity contribution < 1.29 is 9.18 Å². The first kappa shape index (κ1) is 18.6. The summed E-state index contributed by atoms with van der Waals surface area (Å²) < 4.78 is 16.1. The van der Waals surface area contributed by atoms with E-state index in [4.69, 9.17) is 0 Å². The number of carbonyl (C=O) groups excluding carboxylic acids is 1. The van der Waals surface area contributed by atoms with Gasteiger partial charge in [0.05, 0.1) is 11.2 Å². The summed E-state index contributed by atoms with van der Waals surface area (Å²) in [6.45, 7) is 0.335. The Morgan fingerprint density at radius 1 is 1.03 bits per heavy atom. The molecule has 0 radical (unpaired) electrons. The van der Waals surface area contributed by atoms with Gasteiger partial charge >= 0.3 is 5.69 Å². The van der Waals surface area contributed by atoms with E-state index in [1.807, 2.05) is 30.3 Å². The Hall–Kier alpha value is -3.74. The van der Waals surface area contributed by atoms with E-state index in [0.29, 0.717) is 23.4 Å². The molecule has 4 aromatic rings. The van der Waals surface area contributed by atoms with Crippen LogP contribution in [0.5, 0.6) is 0 Å². The highest BCUT2D eigenvalue weighted by molar-refractivity contribution is 5.80. The van der Waals surface area contributed by atoms with Crippen LogP contribution in [0.3, 0.4) is 0 Å². The molecule has 0 N–H and O–H groups in total. The fourth-order valence-electron chi connectivity index (χ4n) is 3.26. The number of halogens is 1. The van der Waals surface area contributed by atoms with Crippen molar-refractivity contribution in [3.63, 3.8) is 0 Å². The Morgan fingerprint density at radius 3 is 2.48 bits per heavy atom. The monoisotopic (exact) mass is 390 g/mol. The van der Waals surface area contributed by atoms with Crippen molar-refractivity contribution in [2.45, 2.75) is 13.1 Å². The van der Waals surface area contributed by atoms with Crippen molar-refractivity contribution in [2.75, 3.05) is 7.05 Å². The zero-order valence-corrected chi connectivity index (χ0v) is 15.8. The van der Waals surface area contributed by atoms with Crippen molar-refractivity contribution in [3.8, 4) is 5.69 Å². The number of rotatable bonds is 5. The van der Waals surface area contributed by atoms with Crippen LogP contribution < -0.4 is 5.69 Å². The van der Waals surface area contributed by atoms with Crippen LogP contribution in [0, 0.1) is 5.82 Å². The maximum atomic E-state index is 13.3. The van der Waals surface area contributed by atoms with Gasteiger partial charge in [0.15, 0.2) is 5.65 Å². The Labute approximate surface area is 166 Å². The second-order valence-electron chi connectivity index (χ2n) is 6.76. The molecule has 0 aliphatic carbocycles. The molecule has 0 atom stereocenters. The summed E-state index contributed by atoms with van der Waals surface area (Å²) >= 11 is 0. The molecule has 2 aromatic carbocycles. The van der Waals surface area contributed by atoms with Crippen molar-refractivity contribution in [2.24, 2.45) is 0 Å². The van der Waals surface area contributed by atoms with Crippen LogP contribution in [0.4, 0.5) is 4.39 Å². The SMILES string of the molecule is CN(Cc1ccccc1)C(=O)Cn1c(=O)n(-c2ccc(F)cc2)c2ncccc21. The molecule has 0 unspecified atom stereocenters. The molecule has 2 aromatic heterocycles. The minimum atomic E-state index is -0.397. The number of hydrogen-bond donors (Lipinski definition) is 0. The molecule has 7 heteroatoms. The summed E-state index contributed by atoms with van der Waals surface area (Å²) in [7, 11) is 1.71. The number of pyridine rings is 1. The van der Waals surface area contributed by atoms with Gasteiger partial charge in [0, 0.05) is 19.8 Å². The topological polar surface area (TPSA) is 60.1 Å². The van der Waals surface area contributed by atoms with Crippen LogP contribution in [-0.4, -0.2) is 32.0 Å². The lowest BCUT2D eigenvalue weighted by molar-refractivity contribution is -0.131. The van der Waals surface area contributed by atoms with E-state index in [2.05, 4.69) is 4.98 Å². The first-order valence-corrected chi connectivity index (χ1v) is 9.14. The zero-order valence-electron chi connectivity index (χ0n) is 15.8. The van der Waals surface area contributed by atoms with Gasteiger partial charge in [-0.1, -0.05) is 30.3 Å². The molecule has 0 spiro atoms. The molecule has 2 heterocycles. The summed E-state index contributed by atoms with van der Waals surface area (Å²) in [5, 5.41) is 0. The van der Waals surface area contributed by atoms with Crippen molar-refractivity contribution in [1.29, 1.82) is 0 Å². The molecule has 1 amide bonds. The van der Waals surface area contributed by atoms with Crippen LogP contribution in [0.15, 0.2) is 77.7 Å². The number of carbonyl (C=O) groups is 1. The molecule has 0 aliphatic heterocycles. The van der Waals surface area contributed by atoms with Crippen LogP contribution >= 0.6 is 0 Å². The zero-order chi connectivity index (χ0) is 20.4. The van der Waals surface area contributed by atoms with Gasteiger partial charge in [0.2, 0.25) is 5.91 Å². The van der Waals surface area contributed by atoms with Crippen LogP contribution in [0.1, 0.15) is 5.56 Å². The lowest BCUT2D eigenvalue weighted by Gasteiger charge is -2.17. The van der Waals surface area contributed by atoms with Crippen molar-refractivity contribution >= 4 is 17.1 Å². The van der Waals surface area contributed by atoms with E-state index in [1.54, 1.807) is 30.3 Å². The Kier molecular flexibility index (Phi) is 4.95. The summed E-state index contributed by atoms with van der Waals surface area (Å²) in [5.74, 6) is -0.589. The van der Waals surface area contributed by atoms with Gasteiger partial charge in [-0.25, -0.2) is 18.7 Å². The van der Waals surface area contributed by atoms with E-state index in [1.165, 1.54) is 33.4 Å². The van der Waals surface area contributed by atoms with E-state index >= 15 is 0 Å². The predicted octanol–water partition coefficient (Wildman–Crippen LogP) is 2.98. The fourth-order valence-corrected chi connectivity index (χ4v) is 3.26. The number of benzene rings is 2. The highest BCUT2D eigenvalue weighted by atomic mass is 19.1. The number of likely N-dealkylation sites (N-methyl/N-ethyl adjacent to an activating group) is 1. The maximum absolute atomic E-state index is 13.3. The summed E-state index contributed by atoms with van der Waals surface area (Å²) in [6.07, 6.45) is 1.58. The number of nitrogens with zero attached hydrogens (tertiary/aromatic N) is 4. The number of hydrogen-bond acceptors (Lipinski definition) is 3. The van der Waals surface area contributed by atoms with E-state index in [9.17, 15) is 14.0 Å². The third-order valence-corrected chi connectivity index (χ3v) is 4.76. The fraction of sp³-hybridized carbons (Fsp3) is 0.136. The number of aromatic nitrogens is 3. The van der Waals surface area contributed by atoms with Crippen LogP contribution in [0.25, 0.3) is 16.9 Å². The molecular formula is C22H19FN4O2. The quantitative estimate of drug-likeness (QED) is 0.526. The molecule has 0 bridgehead atoms. The van der Waals surface area contributed by atoms with Crippen molar-refractivity contribution in [1.82, 2.24) is 19.0 Å². The Morgan fingerprint density at radius 2 is 1.76 bits per heavy atom. The maximum Gasteiger partial charge on any atom is 0.335 e. The Balaban J connectivity index is 1.69. The Bertz CT molecular complexity index is 1210. The average molecular weight is 390 g/mol. The molecule has 6 nitrogen and oxygen atoms in total. The van der Waals surface area contributed by atoms with Crippen molar-refractivity contribution in [3.05, 3.63) is 94.8 Å².